The fourth-order valence-corrected chi connectivity index (χ4v) is 4.77. The number of rotatable bonds is 8. The van der Waals surface area contributed by atoms with Gasteiger partial charge in [0.25, 0.3) is 0 Å². The van der Waals surface area contributed by atoms with Crippen LogP contribution in [0.1, 0.15) is 32.8 Å². The van der Waals surface area contributed by atoms with Crippen molar-refractivity contribution in [3.63, 3.8) is 0 Å². The van der Waals surface area contributed by atoms with Crippen LogP contribution in [0.3, 0.4) is 0 Å². The van der Waals surface area contributed by atoms with Crippen LogP contribution in [0.2, 0.25) is 0 Å². The summed E-state index contributed by atoms with van der Waals surface area (Å²) in [6.07, 6.45) is 0.705. The molecule has 174 valence electrons. The van der Waals surface area contributed by atoms with Gasteiger partial charge in [-0.05, 0) is 42.7 Å². The second kappa shape index (κ2) is 10.3. The van der Waals surface area contributed by atoms with Gasteiger partial charge in [0.2, 0.25) is 15.9 Å². The van der Waals surface area contributed by atoms with E-state index >= 15 is 0 Å². The average molecular weight is 465 g/mol. The second-order valence-corrected chi connectivity index (χ2v) is 9.70. The number of fused-ring (bicyclic) bond motifs is 1. The number of carbonyl (C=O) groups excluding carboxylic acids is 1. The molecule has 32 heavy (non-hydrogen) atoms. The average Bonchev–Trinajstić information content (AvgIpc) is 3.00. The molecule has 0 radical (unpaired) electrons. The van der Waals surface area contributed by atoms with E-state index in [0.29, 0.717) is 43.2 Å². The maximum absolute atomic E-state index is 13.6. The summed E-state index contributed by atoms with van der Waals surface area (Å²) in [5.41, 5.74) is 0.633. The van der Waals surface area contributed by atoms with Crippen molar-refractivity contribution in [3.05, 3.63) is 53.8 Å². The lowest BCUT2D eigenvalue weighted by atomic mass is 10.0. The number of likely N-dealkylation sites (N-methyl/N-ethyl adjacent to an activating group) is 1. The van der Waals surface area contributed by atoms with Crippen LogP contribution in [-0.2, 0) is 21.4 Å². The lowest BCUT2D eigenvalue weighted by Gasteiger charge is -2.29. The number of sulfonamides is 1. The Hall–Kier alpha value is -2.65. The molecule has 0 fully saturated rings. The van der Waals surface area contributed by atoms with Crippen molar-refractivity contribution in [2.75, 3.05) is 19.8 Å². The van der Waals surface area contributed by atoms with Gasteiger partial charge in [-0.2, -0.15) is 4.72 Å². The van der Waals surface area contributed by atoms with E-state index in [4.69, 9.17) is 9.47 Å². The number of hydrogen-bond donors (Lipinski definition) is 1. The highest BCUT2D eigenvalue weighted by Gasteiger charge is 2.32. The van der Waals surface area contributed by atoms with E-state index in [1.54, 1.807) is 39.0 Å². The van der Waals surface area contributed by atoms with Gasteiger partial charge in [0, 0.05) is 25.6 Å². The Labute approximate surface area is 188 Å². The summed E-state index contributed by atoms with van der Waals surface area (Å²) in [5, 5.41) is 0. The Kier molecular flexibility index (Phi) is 7.73. The molecular formula is C23H29FN2O5S. The number of halogens is 1. The molecule has 0 spiro atoms. The van der Waals surface area contributed by atoms with E-state index in [-0.39, 0.29) is 29.1 Å². The van der Waals surface area contributed by atoms with Crippen LogP contribution in [0.5, 0.6) is 11.5 Å². The minimum atomic E-state index is -4.01. The summed E-state index contributed by atoms with van der Waals surface area (Å²) >= 11 is 0. The van der Waals surface area contributed by atoms with Crippen molar-refractivity contribution in [2.45, 2.75) is 44.7 Å². The van der Waals surface area contributed by atoms with E-state index in [9.17, 15) is 17.6 Å². The molecule has 2 aromatic rings. The van der Waals surface area contributed by atoms with Crippen LogP contribution >= 0.6 is 0 Å². The maximum atomic E-state index is 13.6. The molecule has 3 rings (SSSR count). The third kappa shape index (κ3) is 5.77. The van der Waals surface area contributed by atoms with Gasteiger partial charge in [-0.25, -0.2) is 12.8 Å². The van der Waals surface area contributed by atoms with E-state index in [1.807, 2.05) is 0 Å². The highest BCUT2D eigenvalue weighted by Crippen LogP contribution is 2.32. The van der Waals surface area contributed by atoms with Crippen LogP contribution in [0.25, 0.3) is 0 Å². The summed E-state index contributed by atoms with van der Waals surface area (Å²) in [6.45, 7) is 6.81. The van der Waals surface area contributed by atoms with Crippen LogP contribution in [-0.4, -0.2) is 45.0 Å². The zero-order chi connectivity index (χ0) is 23.3. The van der Waals surface area contributed by atoms with Gasteiger partial charge in [-0.1, -0.05) is 26.0 Å². The van der Waals surface area contributed by atoms with Gasteiger partial charge in [-0.3, -0.25) is 4.79 Å². The van der Waals surface area contributed by atoms with Crippen molar-refractivity contribution in [3.8, 4) is 11.5 Å². The molecule has 1 N–H and O–H groups in total. The van der Waals surface area contributed by atoms with Gasteiger partial charge in [0.15, 0.2) is 11.5 Å². The highest BCUT2D eigenvalue weighted by atomic mass is 32.2. The fourth-order valence-electron chi connectivity index (χ4n) is 3.42. The molecule has 1 aliphatic heterocycles. The largest absolute Gasteiger partial charge is 0.490 e. The fraction of sp³-hybridized carbons (Fsp3) is 0.435. The van der Waals surface area contributed by atoms with Crippen molar-refractivity contribution in [1.82, 2.24) is 9.62 Å². The molecule has 0 aromatic heterocycles. The summed E-state index contributed by atoms with van der Waals surface area (Å²) in [7, 11) is -4.01. The second-order valence-electron chi connectivity index (χ2n) is 7.98. The van der Waals surface area contributed by atoms with Crippen molar-refractivity contribution in [1.29, 1.82) is 0 Å². The number of nitrogens with zero attached hydrogens (tertiary/aromatic N) is 1. The Bertz CT molecular complexity index is 1060. The number of benzene rings is 2. The summed E-state index contributed by atoms with van der Waals surface area (Å²) in [6, 6.07) is 9.43. The third-order valence-electron chi connectivity index (χ3n) is 5.20. The third-order valence-corrected chi connectivity index (χ3v) is 6.64. The molecule has 0 bridgehead atoms. The minimum absolute atomic E-state index is 0.00613. The topological polar surface area (TPSA) is 84.9 Å². The van der Waals surface area contributed by atoms with Crippen LogP contribution in [0.15, 0.2) is 47.4 Å². The van der Waals surface area contributed by atoms with E-state index in [2.05, 4.69) is 4.72 Å². The predicted molar refractivity (Wildman–Crippen MR) is 118 cm³/mol. The number of hydrogen-bond acceptors (Lipinski definition) is 5. The first-order valence-corrected chi connectivity index (χ1v) is 12.1. The molecule has 9 heteroatoms. The first kappa shape index (κ1) is 24.0. The van der Waals surface area contributed by atoms with Crippen LogP contribution in [0, 0.1) is 11.7 Å². The number of amides is 1. The zero-order valence-electron chi connectivity index (χ0n) is 18.5. The quantitative estimate of drug-likeness (QED) is 0.648. The molecule has 1 atom stereocenters. The zero-order valence-corrected chi connectivity index (χ0v) is 19.3. The molecule has 0 saturated carbocycles. The molecule has 0 saturated heterocycles. The van der Waals surface area contributed by atoms with Crippen LogP contribution in [0.4, 0.5) is 4.39 Å². The molecule has 1 unspecified atom stereocenters. The number of carbonyl (C=O) groups is 1. The number of ether oxygens (including phenoxy) is 2. The van der Waals surface area contributed by atoms with Gasteiger partial charge >= 0.3 is 0 Å². The van der Waals surface area contributed by atoms with Crippen LogP contribution < -0.4 is 14.2 Å². The number of nitrogens with one attached hydrogen (secondary N) is 1. The highest BCUT2D eigenvalue weighted by molar-refractivity contribution is 7.89. The minimum Gasteiger partial charge on any atom is -0.490 e. The van der Waals surface area contributed by atoms with Crippen molar-refractivity contribution >= 4 is 15.9 Å². The summed E-state index contributed by atoms with van der Waals surface area (Å²) in [5.74, 6) is -0.213. The standard InChI is InChI=1S/C23H29FN2O5S/c1-4-26(15-17-7-5-8-18(24)13-17)23(27)22(16(2)3)25-32(28,29)19-9-10-20-21(14-19)31-12-6-11-30-20/h5,7-10,13-14,16,22,25H,4,6,11-12,15H2,1-3H3. The molecule has 1 aliphatic rings. The van der Waals surface area contributed by atoms with E-state index in [0.717, 1.165) is 0 Å². The molecule has 1 heterocycles. The smallest absolute Gasteiger partial charge is 0.241 e. The normalized spacial score (nSPS) is 14.7. The summed E-state index contributed by atoms with van der Waals surface area (Å²) in [4.78, 5) is 14.8. The Morgan fingerprint density at radius 2 is 1.84 bits per heavy atom. The van der Waals surface area contributed by atoms with Gasteiger partial charge < -0.3 is 14.4 Å². The predicted octanol–water partition coefficient (Wildman–Crippen LogP) is 3.34. The molecule has 2 aromatic carbocycles. The Morgan fingerprint density at radius 3 is 2.50 bits per heavy atom. The first-order valence-electron chi connectivity index (χ1n) is 10.7. The Morgan fingerprint density at radius 1 is 1.12 bits per heavy atom. The van der Waals surface area contributed by atoms with Gasteiger partial charge in [0.05, 0.1) is 18.1 Å². The maximum Gasteiger partial charge on any atom is 0.241 e. The summed E-state index contributed by atoms with van der Waals surface area (Å²) < 4.78 is 53.5. The molecule has 0 aliphatic carbocycles. The van der Waals surface area contributed by atoms with E-state index < -0.39 is 16.1 Å². The SMILES string of the molecule is CCN(Cc1cccc(F)c1)C(=O)C(NS(=O)(=O)c1ccc2c(c1)OCCCO2)C(C)C. The van der Waals surface area contributed by atoms with Crippen molar-refractivity contribution in [2.24, 2.45) is 5.92 Å². The van der Waals surface area contributed by atoms with E-state index in [1.165, 1.54) is 29.2 Å². The monoisotopic (exact) mass is 464 g/mol. The molecule has 7 nitrogen and oxygen atoms in total. The van der Waals surface area contributed by atoms with Gasteiger partial charge in [-0.15, -0.1) is 0 Å². The lowest BCUT2D eigenvalue weighted by molar-refractivity contribution is -0.134. The Balaban J connectivity index is 1.81. The molecule has 1 amide bonds. The first-order chi connectivity index (χ1) is 15.2. The van der Waals surface area contributed by atoms with Crippen molar-refractivity contribution < 1.29 is 27.1 Å². The molecular weight excluding hydrogens is 435 g/mol. The van der Waals surface area contributed by atoms with Gasteiger partial charge in [0.1, 0.15) is 11.9 Å². The lowest BCUT2D eigenvalue weighted by Crippen LogP contribution is -2.50.